The van der Waals surface area contributed by atoms with Gasteiger partial charge in [-0.05, 0) is 11.8 Å². The zero-order chi connectivity index (χ0) is 13.8. The van der Waals surface area contributed by atoms with Gasteiger partial charge in [0.25, 0.3) is 0 Å². The molecule has 0 saturated heterocycles. The predicted octanol–water partition coefficient (Wildman–Crippen LogP) is 2.99. The lowest BCUT2D eigenvalue weighted by molar-refractivity contribution is -0.114. The molecule has 0 radical (unpaired) electrons. The van der Waals surface area contributed by atoms with Crippen LogP contribution in [0.5, 0.6) is 0 Å². The minimum Gasteiger partial charge on any atom is -0.392 e. The molecule has 1 heterocycles. The van der Waals surface area contributed by atoms with Crippen LogP contribution in [0.1, 0.15) is 34.1 Å². The third-order valence-electron chi connectivity index (χ3n) is 2.03. The fourth-order valence-corrected chi connectivity index (χ4v) is 3.35. The molecule has 0 bridgehead atoms. The Hall–Kier alpha value is -0.590. The number of carbonyl (C=O) groups excluding carboxylic acids is 1. The van der Waals surface area contributed by atoms with Gasteiger partial charge >= 0.3 is 0 Å². The van der Waals surface area contributed by atoms with E-state index in [1.54, 1.807) is 18.0 Å². The number of rotatable bonds is 5. The van der Waals surface area contributed by atoms with Crippen LogP contribution in [0.4, 0.5) is 5.13 Å². The number of thiazole rings is 1. The summed E-state index contributed by atoms with van der Waals surface area (Å²) in [5.41, 5.74) is 0.134. The first kappa shape index (κ1) is 15.5. The van der Waals surface area contributed by atoms with Crippen LogP contribution in [0, 0.1) is 5.41 Å². The molecule has 0 saturated carbocycles. The molecular formula is C12H20N2O2S2. The summed E-state index contributed by atoms with van der Waals surface area (Å²) in [6.07, 6.45) is 2.18. The van der Waals surface area contributed by atoms with E-state index in [0.717, 1.165) is 10.6 Å². The first-order valence-electron chi connectivity index (χ1n) is 5.80. The second-order valence-electron chi connectivity index (χ2n) is 5.40. The third-order valence-corrected chi connectivity index (χ3v) is 4.29. The molecule has 6 heteroatoms. The number of nitrogens with one attached hydrogen (secondary N) is 1. The monoisotopic (exact) mass is 288 g/mol. The van der Waals surface area contributed by atoms with E-state index in [1.807, 2.05) is 0 Å². The van der Waals surface area contributed by atoms with E-state index >= 15 is 0 Å². The Kier molecular flexibility index (Phi) is 5.62. The average molecular weight is 288 g/mol. The molecule has 4 nitrogen and oxygen atoms in total. The molecule has 1 amide bonds. The van der Waals surface area contributed by atoms with Gasteiger partial charge in [0.05, 0.1) is 16.5 Å². The van der Waals surface area contributed by atoms with Crippen molar-refractivity contribution in [3.63, 3.8) is 0 Å². The molecule has 0 aromatic carbocycles. The zero-order valence-corrected chi connectivity index (χ0v) is 12.8. The van der Waals surface area contributed by atoms with Crippen molar-refractivity contribution < 1.29 is 9.90 Å². The highest BCUT2D eigenvalue weighted by atomic mass is 32.2. The van der Waals surface area contributed by atoms with Gasteiger partial charge in [0.2, 0.25) is 5.91 Å². The molecule has 1 aromatic heterocycles. The van der Waals surface area contributed by atoms with Crippen LogP contribution in [0.25, 0.3) is 0 Å². The van der Waals surface area contributed by atoms with Crippen LogP contribution in [0.3, 0.4) is 0 Å². The number of aliphatic hydroxyl groups excluding tert-OH is 1. The maximum absolute atomic E-state index is 10.9. The molecule has 1 unspecified atom stereocenters. The summed E-state index contributed by atoms with van der Waals surface area (Å²) in [6, 6.07) is 0. The van der Waals surface area contributed by atoms with Gasteiger partial charge in [-0.2, -0.15) is 0 Å². The van der Waals surface area contributed by atoms with Crippen molar-refractivity contribution in [2.45, 2.75) is 44.4 Å². The van der Waals surface area contributed by atoms with Crippen molar-refractivity contribution >= 4 is 34.1 Å². The minimum atomic E-state index is -0.318. The number of hydrogen-bond acceptors (Lipinski definition) is 5. The van der Waals surface area contributed by atoms with Crippen LogP contribution in [0.2, 0.25) is 0 Å². The van der Waals surface area contributed by atoms with Crippen LogP contribution >= 0.6 is 23.1 Å². The molecule has 2 N–H and O–H groups in total. The van der Waals surface area contributed by atoms with E-state index in [4.69, 9.17) is 0 Å². The Balaban J connectivity index is 2.39. The molecule has 1 aromatic rings. The SMILES string of the molecule is CC(=O)Nc1ncc(SCC(O)CC(C)(C)C)s1. The Morgan fingerprint density at radius 1 is 1.61 bits per heavy atom. The first-order valence-corrected chi connectivity index (χ1v) is 7.61. The van der Waals surface area contributed by atoms with E-state index < -0.39 is 0 Å². The van der Waals surface area contributed by atoms with Crippen LogP contribution in [-0.4, -0.2) is 27.9 Å². The van der Waals surface area contributed by atoms with Crippen molar-refractivity contribution in [2.24, 2.45) is 5.41 Å². The Morgan fingerprint density at radius 2 is 2.28 bits per heavy atom. The summed E-state index contributed by atoms with van der Waals surface area (Å²) in [4.78, 5) is 14.9. The van der Waals surface area contributed by atoms with Crippen molar-refractivity contribution in [1.29, 1.82) is 0 Å². The Bertz CT molecular complexity index is 399. The smallest absolute Gasteiger partial charge is 0.223 e. The lowest BCUT2D eigenvalue weighted by atomic mass is 9.90. The highest BCUT2D eigenvalue weighted by molar-refractivity contribution is 8.01. The molecule has 0 aliphatic carbocycles. The van der Waals surface area contributed by atoms with Crippen LogP contribution < -0.4 is 5.32 Å². The minimum absolute atomic E-state index is 0.117. The summed E-state index contributed by atoms with van der Waals surface area (Å²) in [5, 5.41) is 13.1. The first-order chi connectivity index (χ1) is 8.26. The van der Waals surface area contributed by atoms with Gasteiger partial charge < -0.3 is 10.4 Å². The van der Waals surface area contributed by atoms with Crippen molar-refractivity contribution in [3.8, 4) is 0 Å². The van der Waals surface area contributed by atoms with Crippen molar-refractivity contribution in [3.05, 3.63) is 6.20 Å². The van der Waals surface area contributed by atoms with E-state index in [9.17, 15) is 9.90 Å². The van der Waals surface area contributed by atoms with E-state index in [2.05, 4.69) is 31.1 Å². The number of aromatic nitrogens is 1. The number of thioether (sulfide) groups is 1. The molecule has 18 heavy (non-hydrogen) atoms. The van der Waals surface area contributed by atoms with Gasteiger partial charge in [0.15, 0.2) is 5.13 Å². The summed E-state index contributed by atoms with van der Waals surface area (Å²) >= 11 is 3.00. The summed E-state index contributed by atoms with van der Waals surface area (Å²) < 4.78 is 1.01. The average Bonchev–Trinajstić information content (AvgIpc) is 2.59. The molecule has 102 valence electrons. The topological polar surface area (TPSA) is 62.2 Å². The Labute approximate surface area is 116 Å². The maximum atomic E-state index is 10.9. The fraction of sp³-hybridized carbons (Fsp3) is 0.667. The quantitative estimate of drug-likeness (QED) is 0.818. The van der Waals surface area contributed by atoms with Crippen molar-refractivity contribution in [1.82, 2.24) is 4.98 Å². The Morgan fingerprint density at radius 3 is 2.83 bits per heavy atom. The highest BCUT2D eigenvalue weighted by Gasteiger charge is 2.17. The normalized spacial score (nSPS) is 13.4. The van der Waals surface area contributed by atoms with Crippen molar-refractivity contribution in [2.75, 3.05) is 11.1 Å². The van der Waals surface area contributed by atoms with Gasteiger partial charge in [-0.15, -0.1) is 11.8 Å². The molecule has 0 aliphatic heterocycles. The van der Waals surface area contributed by atoms with Gasteiger partial charge in [-0.25, -0.2) is 4.98 Å². The molecule has 0 aliphatic rings. The largest absolute Gasteiger partial charge is 0.392 e. The molecule has 1 rings (SSSR count). The summed E-state index contributed by atoms with van der Waals surface area (Å²) in [6.45, 7) is 7.80. The maximum Gasteiger partial charge on any atom is 0.223 e. The van der Waals surface area contributed by atoms with Gasteiger partial charge in [-0.1, -0.05) is 32.1 Å². The van der Waals surface area contributed by atoms with E-state index in [0.29, 0.717) is 10.9 Å². The number of amides is 1. The highest BCUT2D eigenvalue weighted by Crippen LogP contribution is 2.30. The number of carbonyl (C=O) groups is 1. The second-order valence-corrected chi connectivity index (χ2v) is 7.75. The van der Waals surface area contributed by atoms with Gasteiger partial charge in [0, 0.05) is 12.7 Å². The number of hydrogen-bond donors (Lipinski definition) is 2. The number of nitrogens with zero attached hydrogens (tertiary/aromatic N) is 1. The molecular weight excluding hydrogens is 268 g/mol. The summed E-state index contributed by atoms with van der Waals surface area (Å²) in [7, 11) is 0. The molecule has 0 spiro atoms. The van der Waals surface area contributed by atoms with E-state index in [-0.39, 0.29) is 17.4 Å². The lowest BCUT2D eigenvalue weighted by Gasteiger charge is -2.21. The molecule has 1 atom stereocenters. The van der Waals surface area contributed by atoms with Gasteiger partial charge in [0.1, 0.15) is 0 Å². The lowest BCUT2D eigenvalue weighted by Crippen LogP contribution is -2.19. The summed E-state index contributed by atoms with van der Waals surface area (Å²) in [5.74, 6) is 0.535. The predicted molar refractivity (Wildman–Crippen MR) is 77.2 cm³/mol. The number of anilines is 1. The number of aliphatic hydroxyl groups is 1. The van der Waals surface area contributed by atoms with Crippen LogP contribution in [0.15, 0.2) is 10.4 Å². The van der Waals surface area contributed by atoms with E-state index in [1.165, 1.54) is 18.3 Å². The third kappa shape index (κ3) is 6.37. The second kappa shape index (κ2) is 6.54. The zero-order valence-electron chi connectivity index (χ0n) is 11.2. The standard InChI is InChI=1S/C12H20N2O2S2/c1-8(15)14-11-13-6-10(18-11)17-7-9(16)5-12(2,3)4/h6,9,16H,5,7H2,1-4H3,(H,13,14,15). The van der Waals surface area contributed by atoms with Crippen LogP contribution in [-0.2, 0) is 4.79 Å². The van der Waals surface area contributed by atoms with Gasteiger partial charge in [-0.3, -0.25) is 4.79 Å². The molecule has 0 fully saturated rings. The fourth-order valence-electron chi connectivity index (χ4n) is 1.48.